The molecule has 1 aromatic rings. The van der Waals surface area contributed by atoms with Crippen molar-refractivity contribution < 1.29 is 29.0 Å². The minimum Gasteiger partial charge on any atom is -0.480 e. The van der Waals surface area contributed by atoms with Crippen molar-refractivity contribution in [1.82, 2.24) is 4.90 Å². The van der Waals surface area contributed by atoms with Crippen molar-refractivity contribution in [2.24, 2.45) is 5.92 Å². The average molecular weight is 321 g/mol. The summed E-state index contributed by atoms with van der Waals surface area (Å²) < 4.78 is 10.0. The van der Waals surface area contributed by atoms with Crippen LogP contribution in [0.2, 0.25) is 0 Å². The van der Waals surface area contributed by atoms with Gasteiger partial charge < -0.3 is 19.5 Å². The predicted molar refractivity (Wildman–Crippen MR) is 79.4 cm³/mol. The van der Waals surface area contributed by atoms with Crippen LogP contribution in [-0.4, -0.2) is 54.2 Å². The molecule has 1 aliphatic heterocycles. The Bertz CT molecular complexity index is 573. The molecule has 1 aromatic carbocycles. The lowest BCUT2D eigenvalue weighted by Crippen LogP contribution is -2.45. The summed E-state index contributed by atoms with van der Waals surface area (Å²) >= 11 is 0. The zero-order valence-corrected chi connectivity index (χ0v) is 12.8. The second kappa shape index (κ2) is 7.73. The number of methoxy groups -OCH3 is 1. The van der Waals surface area contributed by atoms with Crippen molar-refractivity contribution >= 4 is 17.8 Å². The van der Waals surface area contributed by atoms with Crippen LogP contribution in [0.5, 0.6) is 0 Å². The van der Waals surface area contributed by atoms with Crippen LogP contribution in [-0.2, 0) is 30.5 Å². The molecule has 0 saturated carbocycles. The first kappa shape index (κ1) is 17.0. The summed E-state index contributed by atoms with van der Waals surface area (Å²) in [5.74, 6) is -2.66. The molecule has 0 aliphatic carbocycles. The minimum absolute atomic E-state index is 0.0326. The smallest absolute Gasteiger partial charge is 0.328 e. The number of likely N-dealkylation sites (tertiary alicyclic amines) is 1. The Hall–Kier alpha value is -2.41. The molecule has 0 radical (unpaired) electrons. The van der Waals surface area contributed by atoms with Crippen LogP contribution >= 0.6 is 0 Å². The molecule has 7 nitrogen and oxygen atoms in total. The van der Waals surface area contributed by atoms with Gasteiger partial charge in [0.25, 0.3) is 0 Å². The van der Waals surface area contributed by atoms with Crippen LogP contribution in [0.4, 0.5) is 0 Å². The number of esters is 1. The zero-order chi connectivity index (χ0) is 16.8. The second-order valence-electron chi connectivity index (χ2n) is 5.33. The van der Waals surface area contributed by atoms with Gasteiger partial charge in [-0.05, 0) is 5.56 Å². The Morgan fingerprint density at radius 2 is 2.04 bits per heavy atom. The highest BCUT2D eigenvalue weighted by molar-refractivity contribution is 5.90. The molecule has 1 amide bonds. The highest BCUT2D eigenvalue weighted by atomic mass is 16.5. The fraction of sp³-hybridized carbons (Fsp3) is 0.438. The number of ether oxygens (including phenoxy) is 2. The number of rotatable bonds is 7. The SMILES string of the molecule is COC(=O)C1CC(=O)N([C@@H](COCc2ccccc2)C(=O)O)C1. The van der Waals surface area contributed by atoms with E-state index in [1.54, 1.807) is 0 Å². The topological polar surface area (TPSA) is 93.1 Å². The molecule has 7 heteroatoms. The molecule has 1 N–H and O–H groups in total. The Balaban J connectivity index is 1.94. The molecule has 0 aromatic heterocycles. The highest BCUT2D eigenvalue weighted by Crippen LogP contribution is 2.22. The maximum absolute atomic E-state index is 12.0. The Labute approximate surface area is 133 Å². The maximum Gasteiger partial charge on any atom is 0.328 e. The molecular weight excluding hydrogens is 302 g/mol. The van der Waals surface area contributed by atoms with Gasteiger partial charge >= 0.3 is 11.9 Å². The molecular formula is C16H19NO6. The number of carbonyl (C=O) groups excluding carboxylic acids is 2. The molecule has 23 heavy (non-hydrogen) atoms. The van der Waals surface area contributed by atoms with Crippen LogP contribution in [0.25, 0.3) is 0 Å². The summed E-state index contributed by atoms with van der Waals surface area (Å²) in [6.07, 6.45) is -0.0326. The Morgan fingerprint density at radius 1 is 1.35 bits per heavy atom. The highest BCUT2D eigenvalue weighted by Gasteiger charge is 2.41. The first-order valence-electron chi connectivity index (χ1n) is 7.24. The van der Waals surface area contributed by atoms with E-state index in [-0.39, 0.29) is 32.1 Å². The zero-order valence-electron chi connectivity index (χ0n) is 12.8. The molecule has 2 atom stereocenters. The van der Waals surface area contributed by atoms with Gasteiger partial charge in [-0.25, -0.2) is 4.79 Å². The molecule has 1 fully saturated rings. The molecule has 124 valence electrons. The van der Waals surface area contributed by atoms with Gasteiger partial charge in [0.05, 0.1) is 26.2 Å². The number of carboxylic acid groups (broad SMARTS) is 1. The van der Waals surface area contributed by atoms with E-state index in [4.69, 9.17) is 4.74 Å². The van der Waals surface area contributed by atoms with Gasteiger partial charge in [-0.1, -0.05) is 30.3 Å². The van der Waals surface area contributed by atoms with E-state index in [2.05, 4.69) is 4.74 Å². The van der Waals surface area contributed by atoms with Gasteiger partial charge in [-0.3, -0.25) is 9.59 Å². The van der Waals surface area contributed by atoms with Crippen molar-refractivity contribution in [3.05, 3.63) is 35.9 Å². The third-order valence-electron chi connectivity index (χ3n) is 3.74. The van der Waals surface area contributed by atoms with Crippen molar-refractivity contribution in [3.8, 4) is 0 Å². The number of benzene rings is 1. The van der Waals surface area contributed by atoms with E-state index >= 15 is 0 Å². The van der Waals surface area contributed by atoms with E-state index in [1.807, 2.05) is 30.3 Å². The van der Waals surface area contributed by atoms with Crippen LogP contribution in [0, 0.1) is 5.92 Å². The minimum atomic E-state index is -1.16. The first-order valence-corrected chi connectivity index (χ1v) is 7.24. The van der Waals surface area contributed by atoms with E-state index in [0.29, 0.717) is 0 Å². The fourth-order valence-corrected chi connectivity index (χ4v) is 2.51. The maximum atomic E-state index is 12.0. The lowest BCUT2D eigenvalue weighted by Gasteiger charge is -2.24. The van der Waals surface area contributed by atoms with Crippen molar-refractivity contribution in [2.45, 2.75) is 19.1 Å². The molecule has 1 aliphatic rings. The van der Waals surface area contributed by atoms with Crippen molar-refractivity contribution in [3.63, 3.8) is 0 Å². The van der Waals surface area contributed by atoms with Gasteiger partial charge in [0.2, 0.25) is 5.91 Å². The van der Waals surface area contributed by atoms with E-state index in [0.717, 1.165) is 5.56 Å². The number of aliphatic carboxylic acids is 1. The van der Waals surface area contributed by atoms with E-state index < -0.39 is 23.9 Å². The number of carboxylic acids is 1. The van der Waals surface area contributed by atoms with Crippen LogP contribution in [0.15, 0.2) is 30.3 Å². The summed E-state index contributed by atoms with van der Waals surface area (Å²) in [5.41, 5.74) is 0.914. The van der Waals surface area contributed by atoms with Gasteiger partial charge in [0.1, 0.15) is 0 Å². The predicted octanol–water partition coefficient (Wildman–Crippen LogP) is 0.678. The normalized spacial score (nSPS) is 18.7. The molecule has 0 spiro atoms. The average Bonchev–Trinajstić information content (AvgIpc) is 2.93. The summed E-state index contributed by atoms with van der Waals surface area (Å²) in [7, 11) is 1.24. The van der Waals surface area contributed by atoms with Crippen LogP contribution in [0.1, 0.15) is 12.0 Å². The fourth-order valence-electron chi connectivity index (χ4n) is 2.51. The Kier molecular flexibility index (Phi) is 5.70. The standard InChI is InChI=1S/C16H19NO6/c1-22-16(21)12-7-14(18)17(8-12)13(15(19)20)10-23-9-11-5-3-2-4-6-11/h2-6,12-13H,7-10H2,1H3,(H,19,20)/t12?,13-/m0/s1. The van der Waals surface area contributed by atoms with Crippen LogP contribution < -0.4 is 0 Å². The van der Waals surface area contributed by atoms with Crippen LogP contribution in [0.3, 0.4) is 0 Å². The van der Waals surface area contributed by atoms with Gasteiger partial charge in [-0.15, -0.1) is 0 Å². The number of nitrogens with zero attached hydrogens (tertiary/aromatic N) is 1. The second-order valence-corrected chi connectivity index (χ2v) is 5.33. The molecule has 0 bridgehead atoms. The third kappa shape index (κ3) is 4.29. The number of carbonyl (C=O) groups is 3. The molecule has 1 unspecified atom stereocenters. The van der Waals surface area contributed by atoms with Gasteiger partial charge in [0.15, 0.2) is 6.04 Å². The lowest BCUT2D eigenvalue weighted by molar-refractivity contribution is -0.151. The lowest BCUT2D eigenvalue weighted by atomic mass is 10.1. The number of hydrogen-bond donors (Lipinski definition) is 1. The van der Waals surface area contributed by atoms with Gasteiger partial charge in [0, 0.05) is 13.0 Å². The molecule has 2 rings (SSSR count). The quantitative estimate of drug-likeness (QED) is 0.742. The summed E-state index contributed by atoms with van der Waals surface area (Å²) in [6, 6.07) is 8.21. The summed E-state index contributed by atoms with van der Waals surface area (Å²) in [6.45, 7) is 0.161. The van der Waals surface area contributed by atoms with Gasteiger partial charge in [-0.2, -0.15) is 0 Å². The molecule has 1 heterocycles. The molecule has 1 saturated heterocycles. The first-order chi connectivity index (χ1) is 11.0. The largest absolute Gasteiger partial charge is 0.480 e. The monoisotopic (exact) mass is 321 g/mol. The Morgan fingerprint density at radius 3 is 2.65 bits per heavy atom. The van der Waals surface area contributed by atoms with E-state index in [1.165, 1.54) is 12.0 Å². The van der Waals surface area contributed by atoms with Crippen molar-refractivity contribution in [2.75, 3.05) is 20.3 Å². The summed E-state index contributed by atoms with van der Waals surface area (Å²) in [4.78, 5) is 36.1. The van der Waals surface area contributed by atoms with Crippen molar-refractivity contribution in [1.29, 1.82) is 0 Å². The number of hydrogen-bond acceptors (Lipinski definition) is 5. The van der Waals surface area contributed by atoms with E-state index in [9.17, 15) is 19.5 Å². The summed E-state index contributed by atoms with van der Waals surface area (Å²) in [5, 5.41) is 9.34. The third-order valence-corrected chi connectivity index (χ3v) is 3.74. The number of amides is 1.